The number of aryl methyl sites for hydroxylation is 2. The molecule has 3 heteroatoms. The highest BCUT2D eigenvalue weighted by atomic mass is 14.9. The molecule has 0 aliphatic heterocycles. The van der Waals surface area contributed by atoms with Crippen LogP contribution in [0.2, 0.25) is 0 Å². The fraction of sp³-hybridized carbons (Fsp3) is 0.583. The van der Waals surface area contributed by atoms with E-state index in [2.05, 4.69) is 23.0 Å². The standard InChI is InChI=1S/C12H17N3/c1-4-6-11-7-9(3)14-12(15-11)10(5-2)8-13/h7,10H,4-6H2,1-3H3. The SMILES string of the molecule is CCCc1cc(C)nc(C(C#N)CC)n1. The molecule has 0 aliphatic carbocycles. The van der Waals surface area contributed by atoms with Gasteiger partial charge in [0.05, 0.1) is 6.07 Å². The Balaban J connectivity index is 3.03. The van der Waals surface area contributed by atoms with E-state index in [9.17, 15) is 0 Å². The van der Waals surface area contributed by atoms with Crippen LogP contribution >= 0.6 is 0 Å². The lowest BCUT2D eigenvalue weighted by Gasteiger charge is -2.07. The van der Waals surface area contributed by atoms with Crippen LogP contribution in [-0.4, -0.2) is 9.97 Å². The molecule has 0 amide bonds. The number of aromatic nitrogens is 2. The summed E-state index contributed by atoms with van der Waals surface area (Å²) in [5, 5.41) is 8.96. The Morgan fingerprint density at radius 2 is 2.13 bits per heavy atom. The predicted octanol–water partition coefficient (Wildman–Crippen LogP) is 2.75. The van der Waals surface area contributed by atoms with Crippen LogP contribution in [0.15, 0.2) is 6.07 Å². The van der Waals surface area contributed by atoms with Gasteiger partial charge in [-0.15, -0.1) is 0 Å². The molecule has 0 bridgehead atoms. The second kappa shape index (κ2) is 5.45. The topological polar surface area (TPSA) is 49.6 Å². The molecular formula is C12H17N3. The monoisotopic (exact) mass is 203 g/mol. The zero-order valence-corrected chi connectivity index (χ0v) is 9.62. The van der Waals surface area contributed by atoms with Gasteiger partial charge in [0, 0.05) is 11.4 Å². The highest BCUT2D eigenvalue weighted by molar-refractivity contribution is 5.16. The quantitative estimate of drug-likeness (QED) is 0.756. The van der Waals surface area contributed by atoms with E-state index in [1.54, 1.807) is 0 Å². The summed E-state index contributed by atoms with van der Waals surface area (Å²) in [6, 6.07) is 4.24. The average Bonchev–Trinajstić information content (AvgIpc) is 2.19. The molecule has 0 fully saturated rings. The molecule has 1 atom stereocenters. The van der Waals surface area contributed by atoms with Crippen molar-refractivity contribution < 1.29 is 0 Å². The highest BCUT2D eigenvalue weighted by Gasteiger charge is 2.12. The molecular weight excluding hydrogens is 186 g/mol. The van der Waals surface area contributed by atoms with Gasteiger partial charge in [-0.1, -0.05) is 20.3 Å². The minimum absolute atomic E-state index is 0.166. The summed E-state index contributed by atoms with van der Waals surface area (Å²) in [5.41, 5.74) is 2.01. The Hall–Kier alpha value is -1.43. The van der Waals surface area contributed by atoms with Crippen molar-refractivity contribution in [2.75, 3.05) is 0 Å². The van der Waals surface area contributed by atoms with Crippen LogP contribution in [0.25, 0.3) is 0 Å². The summed E-state index contributed by atoms with van der Waals surface area (Å²) in [6.45, 7) is 6.06. The minimum Gasteiger partial charge on any atom is -0.237 e. The Kier molecular flexibility index (Phi) is 4.23. The lowest BCUT2D eigenvalue weighted by Crippen LogP contribution is -2.05. The van der Waals surface area contributed by atoms with E-state index in [0.29, 0.717) is 5.82 Å². The lowest BCUT2D eigenvalue weighted by atomic mass is 10.1. The molecule has 1 heterocycles. The molecule has 1 unspecified atom stereocenters. The Bertz CT molecular complexity index is 366. The van der Waals surface area contributed by atoms with E-state index >= 15 is 0 Å². The Morgan fingerprint density at radius 1 is 1.40 bits per heavy atom. The van der Waals surface area contributed by atoms with E-state index in [1.165, 1.54) is 0 Å². The first-order valence-electron chi connectivity index (χ1n) is 5.45. The van der Waals surface area contributed by atoms with Crippen LogP contribution in [0.1, 0.15) is 49.8 Å². The van der Waals surface area contributed by atoms with Gasteiger partial charge in [-0.25, -0.2) is 9.97 Å². The highest BCUT2D eigenvalue weighted by Crippen LogP contribution is 2.15. The first-order valence-corrected chi connectivity index (χ1v) is 5.45. The summed E-state index contributed by atoms with van der Waals surface area (Å²) in [7, 11) is 0. The van der Waals surface area contributed by atoms with Gasteiger partial charge in [-0.2, -0.15) is 5.26 Å². The van der Waals surface area contributed by atoms with Crippen molar-refractivity contribution in [1.82, 2.24) is 9.97 Å². The first-order chi connectivity index (χ1) is 7.21. The summed E-state index contributed by atoms with van der Waals surface area (Å²) >= 11 is 0. The number of nitriles is 1. The third-order valence-electron chi connectivity index (χ3n) is 2.31. The Morgan fingerprint density at radius 3 is 2.67 bits per heavy atom. The normalized spacial score (nSPS) is 12.1. The van der Waals surface area contributed by atoms with Crippen molar-refractivity contribution in [2.24, 2.45) is 0 Å². The van der Waals surface area contributed by atoms with Crippen LogP contribution in [0, 0.1) is 18.3 Å². The Labute approximate surface area is 91.2 Å². The van der Waals surface area contributed by atoms with Gasteiger partial charge < -0.3 is 0 Å². The maximum Gasteiger partial charge on any atom is 0.145 e. The molecule has 1 aromatic heterocycles. The lowest BCUT2D eigenvalue weighted by molar-refractivity contribution is 0.725. The smallest absolute Gasteiger partial charge is 0.145 e. The molecule has 15 heavy (non-hydrogen) atoms. The second-order valence-corrected chi connectivity index (χ2v) is 3.70. The zero-order chi connectivity index (χ0) is 11.3. The molecule has 0 saturated heterocycles. The summed E-state index contributed by atoms with van der Waals surface area (Å²) in [5.74, 6) is 0.518. The van der Waals surface area contributed by atoms with Crippen LogP contribution in [-0.2, 0) is 6.42 Å². The second-order valence-electron chi connectivity index (χ2n) is 3.70. The third-order valence-corrected chi connectivity index (χ3v) is 2.31. The van der Waals surface area contributed by atoms with Crippen LogP contribution in [0.3, 0.4) is 0 Å². The van der Waals surface area contributed by atoms with Gasteiger partial charge in [0.2, 0.25) is 0 Å². The van der Waals surface area contributed by atoms with Crippen molar-refractivity contribution >= 4 is 0 Å². The summed E-state index contributed by atoms with van der Waals surface area (Å²) in [6.07, 6.45) is 2.79. The zero-order valence-electron chi connectivity index (χ0n) is 9.62. The van der Waals surface area contributed by atoms with Gasteiger partial charge >= 0.3 is 0 Å². The van der Waals surface area contributed by atoms with E-state index in [0.717, 1.165) is 30.7 Å². The molecule has 0 N–H and O–H groups in total. The maximum atomic E-state index is 8.96. The molecule has 1 aromatic rings. The molecule has 0 radical (unpaired) electrons. The van der Waals surface area contributed by atoms with Crippen LogP contribution in [0.5, 0.6) is 0 Å². The van der Waals surface area contributed by atoms with E-state index < -0.39 is 0 Å². The number of rotatable bonds is 4. The maximum absolute atomic E-state index is 8.96. The fourth-order valence-corrected chi connectivity index (χ4v) is 1.53. The number of nitrogens with zero attached hydrogens (tertiary/aromatic N) is 3. The van der Waals surface area contributed by atoms with Crippen molar-refractivity contribution in [3.8, 4) is 6.07 Å². The van der Waals surface area contributed by atoms with Crippen molar-refractivity contribution in [3.63, 3.8) is 0 Å². The van der Waals surface area contributed by atoms with Crippen molar-refractivity contribution in [2.45, 2.75) is 46.0 Å². The van der Waals surface area contributed by atoms with Gasteiger partial charge in [-0.05, 0) is 25.8 Å². The van der Waals surface area contributed by atoms with Gasteiger partial charge in [-0.3, -0.25) is 0 Å². The largest absolute Gasteiger partial charge is 0.237 e. The summed E-state index contributed by atoms with van der Waals surface area (Å²) < 4.78 is 0. The average molecular weight is 203 g/mol. The van der Waals surface area contributed by atoms with Crippen LogP contribution < -0.4 is 0 Å². The fourth-order valence-electron chi connectivity index (χ4n) is 1.53. The number of hydrogen-bond acceptors (Lipinski definition) is 3. The molecule has 0 saturated carbocycles. The molecule has 0 aromatic carbocycles. The van der Waals surface area contributed by atoms with E-state index in [-0.39, 0.29) is 5.92 Å². The van der Waals surface area contributed by atoms with E-state index in [1.807, 2.05) is 19.9 Å². The number of hydrogen-bond donors (Lipinski definition) is 0. The molecule has 0 aliphatic rings. The first kappa shape index (κ1) is 11.6. The van der Waals surface area contributed by atoms with E-state index in [4.69, 9.17) is 5.26 Å². The van der Waals surface area contributed by atoms with Gasteiger partial charge in [0.25, 0.3) is 0 Å². The van der Waals surface area contributed by atoms with Crippen molar-refractivity contribution in [1.29, 1.82) is 5.26 Å². The molecule has 1 rings (SSSR count). The molecule has 0 spiro atoms. The third kappa shape index (κ3) is 3.02. The molecule has 3 nitrogen and oxygen atoms in total. The van der Waals surface area contributed by atoms with Gasteiger partial charge in [0.1, 0.15) is 11.7 Å². The van der Waals surface area contributed by atoms with Crippen LogP contribution in [0.4, 0.5) is 0 Å². The van der Waals surface area contributed by atoms with Crippen molar-refractivity contribution in [3.05, 3.63) is 23.3 Å². The molecule has 80 valence electrons. The van der Waals surface area contributed by atoms with Gasteiger partial charge in [0.15, 0.2) is 0 Å². The summed E-state index contributed by atoms with van der Waals surface area (Å²) in [4.78, 5) is 8.76. The minimum atomic E-state index is -0.166. The predicted molar refractivity (Wildman–Crippen MR) is 59.4 cm³/mol.